The van der Waals surface area contributed by atoms with Crippen molar-refractivity contribution >= 4 is 29.4 Å². The number of nitrogens with two attached hydrogens (primary N) is 1. The van der Waals surface area contributed by atoms with E-state index in [1.807, 2.05) is 27.0 Å². The van der Waals surface area contributed by atoms with Gasteiger partial charge in [-0.1, -0.05) is 44.7 Å². The van der Waals surface area contributed by atoms with Crippen molar-refractivity contribution in [2.75, 3.05) is 24.9 Å². The van der Waals surface area contributed by atoms with Gasteiger partial charge in [0, 0.05) is 23.9 Å². The number of nitrogens with zero attached hydrogens (tertiary/aromatic N) is 4. The maximum Gasteiger partial charge on any atom is 0.233 e. The normalized spacial score (nSPS) is 11.6. The van der Waals surface area contributed by atoms with E-state index in [-0.39, 0.29) is 17.1 Å². The Hall–Kier alpha value is -1.67. The molecule has 2 N–H and O–H groups in total. The van der Waals surface area contributed by atoms with Crippen LogP contribution in [-0.2, 0) is 16.8 Å². The van der Waals surface area contributed by atoms with E-state index in [0.717, 1.165) is 5.56 Å². The molecule has 8 heteroatoms. The molecule has 0 aliphatic rings. The third-order valence-electron chi connectivity index (χ3n) is 3.66. The van der Waals surface area contributed by atoms with Gasteiger partial charge in [0.1, 0.15) is 0 Å². The molecule has 0 saturated heterocycles. The Kier molecular flexibility index (Phi) is 6.40. The fraction of sp³-hybridized carbons (Fsp3) is 0.471. The Bertz CT molecular complexity index is 722. The van der Waals surface area contributed by atoms with Gasteiger partial charge in [0.15, 0.2) is 5.82 Å². The number of hydrogen-bond donors (Lipinski definition) is 1. The molecule has 136 valence electrons. The van der Waals surface area contributed by atoms with E-state index >= 15 is 0 Å². The first kappa shape index (κ1) is 19.7. The van der Waals surface area contributed by atoms with Crippen molar-refractivity contribution in [1.29, 1.82) is 0 Å². The lowest BCUT2D eigenvalue weighted by Gasteiger charge is -2.18. The van der Waals surface area contributed by atoms with E-state index in [0.29, 0.717) is 17.5 Å². The molecular formula is C17H25N5OS2. The molecule has 0 radical (unpaired) electrons. The van der Waals surface area contributed by atoms with Gasteiger partial charge in [-0.3, -0.25) is 4.79 Å². The van der Waals surface area contributed by atoms with Crippen LogP contribution in [0.15, 0.2) is 34.3 Å². The van der Waals surface area contributed by atoms with Crippen molar-refractivity contribution in [3.63, 3.8) is 0 Å². The summed E-state index contributed by atoms with van der Waals surface area (Å²) in [5, 5.41) is 8.78. The SMILES string of the molecule is CSc1ccc(CN(C)C(=O)CSc2nnc(C(C)(C)C)n2N)cc1. The molecule has 0 bridgehead atoms. The van der Waals surface area contributed by atoms with Crippen LogP contribution in [0.2, 0.25) is 0 Å². The number of hydrogen-bond acceptors (Lipinski definition) is 6. The molecule has 0 aliphatic carbocycles. The lowest BCUT2D eigenvalue weighted by atomic mass is 9.96. The number of carbonyl (C=O) groups is 1. The molecule has 1 heterocycles. The van der Waals surface area contributed by atoms with Crippen LogP contribution in [-0.4, -0.2) is 44.7 Å². The lowest BCUT2D eigenvalue weighted by Crippen LogP contribution is -2.28. The van der Waals surface area contributed by atoms with E-state index in [1.54, 1.807) is 23.7 Å². The molecule has 0 fully saturated rings. The van der Waals surface area contributed by atoms with Gasteiger partial charge < -0.3 is 10.7 Å². The molecule has 0 atom stereocenters. The highest BCUT2D eigenvalue weighted by atomic mass is 32.2. The first-order valence-corrected chi connectivity index (χ1v) is 10.1. The van der Waals surface area contributed by atoms with Crippen molar-refractivity contribution in [3.05, 3.63) is 35.7 Å². The Labute approximate surface area is 157 Å². The standard InChI is InChI=1S/C17H25N5OS2/c1-17(2,3)15-19-20-16(22(15)18)25-11-14(23)21(4)10-12-6-8-13(24-5)9-7-12/h6-9H,10-11,18H2,1-5H3. The summed E-state index contributed by atoms with van der Waals surface area (Å²) < 4.78 is 1.47. The van der Waals surface area contributed by atoms with Gasteiger partial charge in [0.05, 0.1) is 5.75 Å². The summed E-state index contributed by atoms with van der Waals surface area (Å²) in [4.78, 5) is 15.3. The molecule has 0 spiro atoms. The van der Waals surface area contributed by atoms with Crippen LogP contribution < -0.4 is 5.84 Å². The molecule has 1 aromatic heterocycles. The molecule has 1 aromatic carbocycles. The molecule has 6 nitrogen and oxygen atoms in total. The number of aromatic nitrogens is 3. The van der Waals surface area contributed by atoms with Crippen LogP contribution in [0.1, 0.15) is 32.2 Å². The molecule has 2 aromatic rings. The van der Waals surface area contributed by atoms with Crippen LogP contribution in [0.3, 0.4) is 0 Å². The van der Waals surface area contributed by atoms with Gasteiger partial charge in [0.2, 0.25) is 11.1 Å². The minimum atomic E-state index is -0.190. The maximum absolute atomic E-state index is 12.4. The predicted molar refractivity (Wildman–Crippen MR) is 104 cm³/mol. The van der Waals surface area contributed by atoms with Gasteiger partial charge in [0.25, 0.3) is 0 Å². The minimum absolute atomic E-state index is 0.0271. The fourth-order valence-electron chi connectivity index (χ4n) is 2.22. The first-order chi connectivity index (χ1) is 11.7. The third kappa shape index (κ3) is 5.15. The van der Waals surface area contributed by atoms with Crippen LogP contribution in [0.4, 0.5) is 0 Å². The highest BCUT2D eigenvalue weighted by molar-refractivity contribution is 7.99. The van der Waals surface area contributed by atoms with Gasteiger partial charge in [-0.2, -0.15) is 0 Å². The molecule has 0 saturated carbocycles. The van der Waals surface area contributed by atoms with E-state index in [9.17, 15) is 4.79 Å². The van der Waals surface area contributed by atoms with Crippen molar-refractivity contribution in [2.45, 2.75) is 42.8 Å². The fourth-order valence-corrected chi connectivity index (χ4v) is 3.42. The molecule has 2 rings (SSSR count). The second kappa shape index (κ2) is 8.14. The average Bonchev–Trinajstić information content (AvgIpc) is 2.94. The number of rotatable bonds is 6. The van der Waals surface area contributed by atoms with Crippen molar-refractivity contribution in [3.8, 4) is 0 Å². The number of thioether (sulfide) groups is 2. The average molecular weight is 380 g/mol. The molecule has 25 heavy (non-hydrogen) atoms. The summed E-state index contributed by atoms with van der Waals surface area (Å²) in [6.07, 6.45) is 2.04. The first-order valence-electron chi connectivity index (χ1n) is 7.93. The highest BCUT2D eigenvalue weighted by Gasteiger charge is 2.23. The van der Waals surface area contributed by atoms with Gasteiger partial charge >= 0.3 is 0 Å². The van der Waals surface area contributed by atoms with Crippen molar-refractivity contribution in [1.82, 2.24) is 19.8 Å². The summed E-state index contributed by atoms with van der Waals surface area (Å²) in [6.45, 7) is 6.65. The highest BCUT2D eigenvalue weighted by Crippen LogP contribution is 2.23. The zero-order valence-electron chi connectivity index (χ0n) is 15.3. The van der Waals surface area contributed by atoms with E-state index in [4.69, 9.17) is 5.84 Å². The summed E-state index contributed by atoms with van der Waals surface area (Å²) in [6, 6.07) is 8.24. The van der Waals surface area contributed by atoms with Crippen molar-refractivity contribution < 1.29 is 4.79 Å². The second-order valence-electron chi connectivity index (χ2n) is 6.81. The topological polar surface area (TPSA) is 77.0 Å². The summed E-state index contributed by atoms with van der Waals surface area (Å²) in [5.74, 6) is 7.05. The van der Waals surface area contributed by atoms with E-state index in [1.165, 1.54) is 21.3 Å². The second-order valence-corrected chi connectivity index (χ2v) is 8.63. The number of amides is 1. The molecule has 1 amide bonds. The van der Waals surface area contributed by atoms with Gasteiger partial charge in [-0.15, -0.1) is 22.0 Å². The van der Waals surface area contributed by atoms with Crippen LogP contribution in [0, 0.1) is 0 Å². The molecular weight excluding hydrogens is 354 g/mol. The maximum atomic E-state index is 12.4. The number of carbonyl (C=O) groups excluding carboxylic acids is 1. The summed E-state index contributed by atoms with van der Waals surface area (Å²) in [7, 11) is 1.80. The zero-order chi connectivity index (χ0) is 18.6. The Morgan fingerprint density at radius 1 is 1.24 bits per heavy atom. The van der Waals surface area contributed by atoms with Crippen LogP contribution in [0.5, 0.6) is 0 Å². The summed E-state index contributed by atoms with van der Waals surface area (Å²) in [5.41, 5.74) is 0.917. The lowest BCUT2D eigenvalue weighted by molar-refractivity contribution is -0.127. The van der Waals surface area contributed by atoms with E-state index < -0.39 is 0 Å². The largest absolute Gasteiger partial charge is 0.341 e. The Morgan fingerprint density at radius 3 is 2.40 bits per heavy atom. The van der Waals surface area contributed by atoms with Crippen molar-refractivity contribution in [2.24, 2.45) is 0 Å². The monoisotopic (exact) mass is 379 g/mol. The molecule has 0 aliphatic heterocycles. The zero-order valence-corrected chi connectivity index (χ0v) is 16.9. The quantitative estimate of drug-likeness (QED) is 0.614. The van der Waals surface area contributed by atoms with Crippen LogP contribution in [0.25, 0.3) is 0 Å². The van der Waals surface area contributed by atoms with E-state index in [2.05, 4.69) is 34.5 Å². The molecule has 0 unspecified atom stereocenters. The predicted octanol–water partition coefficient (Wildman–Crippen LogP) is 2.76. The minimum Gasteiger partial charge on any atom is -0.341 e. The Morgan fingerprint density at radius 2 is 1.88 bits per heavy atom. The Balaban J connectivity index is 1.92. The smallest absolute Gasteiger partial charge is 0.233 e. The third-order valence-corrected chi connectivity index (χ3v) is 5.34. The number of nitrogen functional groups attached to an aromatic ring is 1. The number of benzene rings is 1. The van der Waals surface area contributed by atoms with Gasteiger partial charge in [-0.25, -0.2) is 4.68 Å². The summed E-state index contributed by atoms with van der Waals surface area (Å²) >= 11 is 3.01. The van der Waals surface area contributed by atoms with Crippen LogP contribution >= 0.6 is 23.5 Å². The van der Waals surface area contributed by atoms with Gasteiger partial charge in [-0.05, 0) is 24.0 Å².